The molecule has 0 saturated carbocycles. The van der Waals surface area contributed by atoms with Gasteiger partial charge in [-0.25, -0.2) is 0 Å². The maximum atomic E-state index is 10.5. The van der Waals surface area contributed by atoms with Gasteiger partial charge in [-0.05, 0) is 12.8 Å². The van der Waals surface area contributed by atoms with E-state index in [0.717, 1.165) is 5.57 Å². The van der Waals surface area contributed by atoms with E-state index in [1.807, 2.05) is 6.08 Å². The van der Waals surface area contributed by atoms with E-state index in [0.29, 0.717) is 12.3 Å². The van der Waals surface area contributed by atoms with Crippen molar-refractivity contribution in [2.24, 2.45) is 11.8 Å². The molecule has 0 spiro atoms. The van der Waals surface area contributed by atoms with Crippen molar-refractivity contribution < 1.29 is 19.1 Å². The highest BCUT2D eigenvalue weighted by atomic mass is 31.1. The van der Waals surface area contributed by atoms with Crippen molar-refractivity contribution in [3.05, 3.63) is 23.8 Å². The molecular formula is C12H20O4P+. The number of rotatable bonds is 4. The smallest absolute Gasteiger partial charge is 0.386 e. The van der Waals surface area contributed by atoms with Crippen LogP contribution in [0.25, 0.3) is 0 Å². The SMILES string of the molecule is CC(C)C=C1CC(C)(O)C=CC1CO[P+](=O)O. The van der Waals surface area contributed by atoms with Crippen LogP contribution in [0.1, 0.15) is 27.2 Å². The Balaban J connectivity index is 2.81. The second-order valence-electron chi connectivity index (χ2n) is 5.02. The predicted molar refractivity (Wildman–Crippen MR) is 66.6 cm³/mol. The summed E-state index contributed by atoms with van der Waals surface area (Å²) in [5, 5.41) is 9.98. The van der Waals surface area contributed by atoms with Crippen LogP contribution in [0.15, 0.2) is 23.8 Å². The number of hydrogen-bond acceptors (Lipinski definition) is 3. The highest BCUT2D eigenvalue weighted by Gasteiger charge is 2.29. The molecule has 0 amide bonds. The fourth-order valence-electron chi connectivity index (χ4n) is 1.97. The first-order chi connectivity index (χ1) is 7.80. The lowest BCUT2D eigenvalue weighted by atomic mass is 9.81. The lowest BCUT2D eigenvalue weighted by Crippen LogP contribution is -2.29. The van der Waals surface area contributed by atoms with Crippen molar-refractivity contribution in [2.45, 2.75) is 32.8 Å². The van der Waals surface area contributed by atoms with E-state index in [-0.39, 0.29) is 12.5 Å². The average Bonchev–Trinajstić information content (AvgIpc) is 2.14. The lowest BCUT2D eigenvalue weighted by molar-refractivity contribution is 0.102. The molecule has 1 aliphatic rings. The molecule has 0 aromatic rings. The van der Waals surface area contributed by atoms with Gasteiger partial charge in [0.05, 0.1) is 5.60 Å². The quantitative estimate of drug-likeness (QED) is 0.601. The zero-order valence-corrected chi connectivity index (χ0v) is 11.4. The van der Waals surface area contributed by atoms with Crippen LogP contribution in [0, 0.1) is 11.8 Å². The third kappa shape index (κ3) is 5.09. The Morgan fingerprint density at radius 2 is 2.35 bits per heavy atom. The molecular weight excluding hydrogens is 239 g/mol. The molecule has 3 unspecified atom stereocenters. The number of aliphatic hydroxyl groups is 1. The van der Waals surface area contributed by atoms with Gasteiger partial charge in [0, 0.05) is 16.9 Å². The van der Waals surface area contributed by atoms with Gasteiger partial charge in [0.15, 0.2) is 0 Å². The summed E-state index contributed by atoms with van der Waals surface area (Å²) in [7, 11) is -2.56. The molecule has 0 saturated heterocycles. The Labute approximate surface area is 103 Å². The van der Waals surface area contributed by atoms with Crippen LogP contribution < -0.4 is 0 Å². The van der Waals surface area contributed by atoms with Crippen molar-refractivity contribution in [3.63, 3.8) is 0 Å². The molecule has 0 fully saturated rings. The highest BCUT2D eigenvalue weighted by molar-refractivity contribution is 7.32. The van der Waals surface area contributed by atoms with Crippen LogP contribution in [0.4, 0.5) is 0 Å². The summed E-state index contributed by atoms with van der Waals surface area (Å²) in [6.07, 6.45) is 6.19. The average molecular weight is 259 g/mol. The normalized spacial score (nSPS) is 32.2. The van der Waals surface area contributed by atoms with Gasteiger partial charge in [-0.2, -0.15) is 0 Å². The highest BCUT2D eigenvalue weighted by Crippen LogP contribution is 2.33. The second-order valence-corrected chi connectivity index (χ2v) is 5.75. The lowest BCUT2D eigenvalue weighted by Gasteiger charge is -2.29. The number of hydrogen-bond donors (Lipinski definition) is 2. The third-order valence-electron chi connectivity index (χ3n) is 2.64. The monoisotopic (exact) mass is 259 g/mol. The summed E-state index contributed by atoms with van der Waals surface area (Å²) < 4.78 is 15.3. The van der Waals surface area contributed by atoms with Gasteiger partial charge in [0.1, 0.15) is 6.61 Å². The summed E-state index contributed by atoms with van der Waals surface area (Å²) in [6.45, 7) is 6.05. The number of allylic oxidation sites excluding steroid dienone is 1. The molecule has 5 heteroatoms. The minimum Gasteiger partial charge on any atom is -0.386 e. The molecule has 0 aromatic heterocycles. The summed E-state index contributed by atoms with van der Waals surface area (Å²) in [6, 6.07) is 0. The molecule has 96 valence electrons. The van der Waals surface area contributed by atoms with Crippen molar-refractivity contribution in [3.8, 4) is 0 Å². The first-order valence-electron chi connectivity index (χ1n) is 5.71. The van der Waals surface area contributed by atoms with Crippen LogP contribution in [0.5, 0.6) is 0 Å². The Morgan fingerprint density at radius 3 is 2.88 bits per heavy atom. The Kier molecular flexibility index (Phi) is 5.02. The van der Waals surface area contributed by atoms with Gasteiger partial charge in [-0.1, -0.05) is 37.6 Å². The summed E-state index contributed by atoms with van der Waals surface area (Å²) in [5.41, 5.74) is 0.225. The molecule has 0 heterocycles. The van der Waals surface area contributed by atoms with Crippen molar-refractivity contribution in [1.82, 2.24) is 0 Å². The minimum atomic E-state index is -2.56. The van der Waals surface area contributed by atoms with Crippen molar-refractivity contribution >= 4 is 8.25 Å². The van der Waals surface area contributed by atoms with Crippen LogP contribution in [0.2, 0.25) is 0 Å². The summed E-state index contributed by atoms with van der Waals surface area (Å²) >= 11 is 0. The van der Waals surface area contributed by atoms with Crippen LogP contribution in [0.3, 0.4) is 0 Å². The van der Waals surface area contributed by atoms with E-state index >= 15 is 0 Å². The van der Waals surface area contributed by atoms with E-state index in [1.54, 1.807) is 13.0 Å². The molecule has 0 bridgehead atoms. The zero-order chi connectivity index (χ0) is 13.1. The van der Waals surface area contributed by atoms with E-state index < -0.39 is 13.9 Å². The van der Waals surface area contributed by atoms with Gasteiger partial charge < -0.3 is 5.11 Å². The summed E-state index contributed by atoms with van der Waals surface area (Å²) in [5.74, 6) is 0.349. The van der Waals surface area contributed by atoms with Crippen molar-refractivity contribution in [2.75, 3.05) is 6.61 Å². The third-order valence-corrected chi connectivity index (χ3v) is 3.01. The Hall–Kier alpha value is -0.540. The topological polar surface area (TPSA) is 66.8 Å². The largest absolute Gasteiger partial charge is 0.694 e. The fourth-order valence-corrected chi connectivity index (χ4v) is 2.26. The maximum Gasteiger partial charge on any atom is 0.694 e. The maximum absolute atomic E-state index is 10.5. The Morgan fingerprint density at radius 1 is 1.71 bits per heavy atom. The molecule has 4 nitrogen and oxygen atoms in total. The molecule has 1 aliphatic carbocycles. The van der Waals surface area contributed by atoms with Crippen LogP contribution >= 0.6 is 8.25 Å². The molecule has 3 atom stereocenters. The zero-order valence-electron chi connectivity index (χ0n) is 10.5. The van der Waals surface area contributed by atoms with Crippen LogP contribution in [-0.2, 0) is 9.09 Å². The standard InChI is InChI=1S/C12H19O4P/c1-9(2)6-11-7-12(3,13)5-4-10(11)8-16-17(14)15/h4-6,9-10,13H,7-8H2,1-3H3/p+1. The van der Waals surface area contributed by atoms with Crippen LogP contribution in [-0.4, -0.2) is 22.2 Å². The van der Waals surface area contributed by atoms with Gasteiger partial charge in [-0.15, -0.1) is 9.42 Å². The molecule has 0 radical (unpaired) electrons. The van der Waals surface area contributed by atoms with E-state index in [9.17, 15) is 9.67 Å². The van der Waals surface area contributed by atoms with E-state index in [1.165, 1.54) is 0 Å². The second kappa shape index (κ2) is 5.87. The molecule has 2 N–H and O–H groups in total. The van der Waals surface area contributed by atoms with Crippen molar-refractivity contribution in [1.29, 1.82) is 0 Å². The predicted octanol–water partition coefficient (Wildman–Crippen LogP) is 2.56. The first kappa shape index (κ1) is 14.5. The van der Waals surface area contributed by atoms with E-state index in [2.05, 4.69) is 19.9 Å². The minimum absolute atomic E-state index is 0.0243. The van der Waals surface area contributed by atoms with E-state index in [4.69, 9.17) is 9.42 Å². The van der Waals surface area contributed by atoms with Gasteiger partial charge in [-0.3, -0.25) is 0 Å². The summed E-state index contributed by atoms with van der Waals surface area (Å²) in [4.78, 5) is 8.65. The van der Waals surface area contributed by atoms with Gasteiger partial charge in [0.25, 0.3) is 0 Å². The Bertz CT molecular complexity index is 344. The molecule has 0 aromatic carbocycles. The molecule has 17 heavy (non-hydrogen) atoms. The molecule has 1 rings (SSSR count). The molecule has 0 aliphatic heterocycles. The first-order valence-corrected chi connectivity index (χ1v) is 6.84. The fraction of sp³-hybridized carbons (Fsp3) is 0.667. The van der Waals surface area contributed by atoms with Gasteiger partial charge in [0.2, 0.25) is 0 Å². The van der Waals surface area contributed by atoms with Gasteiger partial charge >= 0.3 is 8.25 Å².